The molecule has 0 amide bonds. The summed E-state index contributed by atoms with van der Waals surface area (Å²) in [5.41, 5.74) is -0.309. The SMILES string of the molecule is Cc1nnn(CC(=O)[C@H]2CC[C@H]3C4CC[C@H]5C[C@](C)(O)CCC5[C@H]4CCC23C)n1. The standard InChI is InChI=1S/C23H36N4O2/c1-14-24-26-27(25-14)13-21(28)20-7-6-19-18-5-4-15-12-22(2,29)10-8-16(15)17(18)9-11-23(19,20)3/h15-20,29H,4-13H2,1-3H3/t15-,16?,17+,18?,19-,20+,22+,23?/m0/s1. The molecule has 0 radical (unpaired) electrons. The molecule has 1 heterocycles. The molecule has 0 aromatic carbocycles. The second-order valence-corrected chi connectivity index (χ2v) is 11.2. The first-order valence-corrected chi connectivity index (χ1v) is 11.8. The van der Waals surface area contributed by atoms with Gasteiger partial charge in [-0.2, -0.15) is 4.80 Å². The van der Waals surface area contributed by atoms with Crippen LogP contribution in [0.4, 0.5) is 0 Å². The summed E-state index contributed by atoms with van der Waals surface area (Å²) in [4.78, 5) is 14.7. The number of aryl methyl sites for hydroxylation is 1. The lowest BCUT2D eigenvalue weighted by Crippen LogP contribution is -2.51. The fourth-order valence-electron chi connectivity index (χ4n) is 8.25. The second kappa shape index (κ2) is 6.86. The predicted molar refractivity (Wildman–Crippen MR) is 109 cm³/mol. The fourth-order valence-corrected chi connectivity index (χ4v) is 8.25. The highest BCUT2D eigenvalue weighted by Gasteiger charge is 2.58. The maximum absolute atomic E-state index is 13.2. The number of carbonyl (C=O) groups is 1. The topological polar surface area (TPSA) is 80.9 Å². The monoisotopic (exact) mass is 400 g/mol. The van der Waals surface area contributed by atoms with Crippen LogP contribution >= 0.6 is 0 Å². The molecule has 4 aliphatic carbocycles. The van der Waals surface area contributed by atoms with Crippen LogP contribution in [0.1, 0.15) is 77.5 Å². The third kappa shape index (κ3) is 3.26. The minimum Gasteiger partial charge on any atom is -0.390 e. The number of Topliss-reactive ketones (excluding diaryl/α,β-unsaturated/α-hetero) is 1. The number of tetrazole rings is 1. The molecule has 3 unspecified atom stereocenters. The number of hydrogen-bond acceptors (Lipinski definition) is 5. The summed E-state index contributed by atoms with van der Waals surface area (Å²) in [6.45, 7) is 6.51. The average molecular weight is 401 g/mol. The third-order valence-corrected chi connectivity index (χ3v) is 9.48. The Morgan fingerprint density at radius 1 is 1.07 bits per heavy atom. The van der Waals surface area contributed by atoms with Gasteiger partial charge in [0, 0.05) is 5.92 Å². The summed E-state index contributed by atoms with van der Waals surface area (Å²) >= 11 is 0. The van der Waals surface area contributed by atoms with Gasteiger partial charge in [-0.15, -0.1) is 10.2 Å². The number of hydrogen-bond donors (Lipinski definition) is 1. The van der Waals surface area contributed by atoms with E-state index in [1.807, 2.05) is 13.8 Å². The molecule has 1 aromatic heterocycles. The van der Waals surface area contributed by atoms with Gasteiger partial charge in [0.2, 0.25) is 0 Å². The summed E-state index contributed by atoms with van der Waals surface area (Å²) in [7, 11) is 0. The maximum atomic E-state index is 13.2. The van der Waals surface area contributed by atoms with Gasteiger partial charge in [-0.3, -0.25) is 4.79 Å². The molecule has 6 nitrogen and oxygen atoms in total. The number of rotatable bonds is 3. The Hall–Kier alpha value is -1.30. The van der Waals surface area contributed by atoms with Crippen LogP contribution in [0.5, 0.6) is 0 Å². The van der Waals surface area contributed by atoms with Gasteiger partial charge in [-0.05, 0) is 112 Å². The predicted octanol–water partition coefficient (Wildman–Crippen LogP) is 3.57. The van der Waals surface area contributed by atoms with Crippen LogP contribution in [0, 0.1) is 47.8 Å². The highest BCUT2D eigenvalue weighted by atomic mass is 16.3. The first-order valence-electron chi connectivity index (χ1n) is 11.8. The molecule has 1 aromatic rings. The molecular weight excluding hydrogens is 364 g/mol. The number of ketones is 1. The van der Waals surface area contributed by atoms with Crippen molar-refractivity contribution < 1.29 is 9.90 Å². The minimum absolute atomic E-state index is 0.140. The number of carbonyl (C=O) groups excluding carboxylic acids is 1. The fraction of sp³-hybridized carbons (Fsp3) is 0.913. The van der Waals surface area contributed by atoms with Gasteiger partial charge in [0.25, 0.3) is 0 Å². The normalized spacial score (nSPS) is 46.6. The van der Waals surface area contributed by atoms with E-state index in [0.29, 0.717) is 23.4 Å². The molecule has 4 saturated carbocycles. The largest absolute Gasteiger partial charge is 0.390 e. The summed E-state index contributed by atoms with van der Waals surface area (Å²) in [6.07, 6.45) is 10.4. The Bertz CT molecular complexity index is 790. The summed E-state index contributed by atoms with van der Waals surface area (Å²) in [5, 5.41) is 22.7. The molecule has 0 bridgehead atoms. The zero-order valence-electron chi connectivity index (χ0n) is 18.2. The van der Waals surface area contributed by atoms with Crippen molar-refractivity contribution in [2.24, 2.45) is 40.9 Å². The zero-order valence-corrected chi connectivity index (χ0v) is 18.2. The van der Waals surface area contributed by atoms with E-state index < -0.39 is 5.60 Å². The third-order valence-electron chi connectivity index (χ3n) is 9.48. The molecule has 29 heavy (non-hydrogen) atoms. The van der Waals surface area contributed by atoms with Gasteiger partial charge in [-0.25, -0.2) is 0 Å². The van der Waals surface area contributed by atoms with Crippen LogP contribution in [0.2, 0.25) is 0 Å². The van der Waals surface area contributed by atoms with E-state index in [4.69, 9.17) is 0 Å². The first-order chi connectivity index (χ1) is 13.8. The van der Waals surface area contributed by atoms with E-state index in [2.05, 4.69) is 22.3 Å². The van der Waals surface area contributed by atoms with Crippen molar-refractivity contribution in [1.82, 2.24) is 20.2 Å². The summed E-state index contributed by atoms with van der Waals surface area (Å²) in [5.74, 6) is 4.86. The van der Waals surface area contributed by atoms with Crippen LogP contribution < -0.4 is 0 Å². The first kappa shape index (κ1) is 19.7. The lowest BCUT2D eigenvalue weighted by Gasteiger charge is -2.56. The molecule has 0 saturated heterocycles. The van der Waals surface area contributed by atoms with Crippen molar-refractivity contribution in [3.8, 4) is 0 Å². The van der Waals surface area contributed by atoms with Crippen molar-refractivity contribution in [3.63, 3.8) is 0 Å². The molecule has 0 aliphatic heterocycles. The molecule has 4 fully saturated rings. The quantitative estimate of drug-likeness (QED) is 0.839. The highest BCUT2D eigenvalue weighted by Crippen LogP contribution is 2.64. The molecule has 4 aliphatic rings. The molecule has 160 valence electrons. The van der Waals surface area contributed by atoms with Crippen LogP contribution in [0.25, 0.3) is 0 Å². The van der Waals surface area contributed by atoms with Crippen molar-refractivity contribution in [2.75, 3.05) is 0 Å². The van der Waals surface area contributed by atoms with Gasteiger partial charge in [-0.1, -0.05) is 6.92 Å². The van der Waals surface area contributed by atoms with Crippen molar-refractivity contribution in [1.29, 1.82) is 0 Å². The van der Waals surface area contributed by atoms with E-state index in [9.17, 15) is 9.90 Å². The van der Waals surface area contributed by atoms with E-state index >= 15 is 0 Å². The molecule has 0 spiro atoms. The molecule has 8 atom stereocenters. The van der Waals surface area contributed by atoms with Gasteiger partial charge < -0.3 is 5.11 Å². The molecule has 5 rings (SSSR count). The van der Waals surface area contributed by atoms with E-state index in [1.54, 1.807) is 0 Å². The Morgan fingerprint density at radius 3 is 2.62 bits per heavy atom. The Morgan fingerprint density at radius 2 is 1.86 bits per heavy atom. The number of aliphatic hydroxyl groups is 1. The lowest BCUT2D eigenvalue weighted by atomic mass is 9.49. The average Bonchev–Trinajstić information content (AvgIpc) is 3.22. The van der Waals surface area contributed by atoms with Crippen molar-refractivity contribution in [3.05, 3.63) is 5.82 Å². The Balaban J connectivity index is 1.31. The van der Waals surface area contributed by atoms with Crippen LogP contribution in [0.3, 0.4) is 0 Å². The summed E-state index contributed by atoms with van der Waals surface area (Å²) < 4.78 is 0. The molecule has 1 N–H and O–H groups in total. The Labute approximate surface area is 173 Å². The highest BCUT2D eigenvalue weighted by molar-refractivity contribution is 5.81. The van der Waals surface area contributed by atoms with Gasteiger partial charge in [0.15, 0.2) is 11.6 Å². The number of nitrogens with zero attached hydrogens (tertiary/aromatic N) is 4. The summed E-state index contributed by atoms with van der Waals surface area (Å²) in [6, 6.07) is 0. The smallest absolute Gasteiger partial charge is 0.171 e. The van der Waals surface area contributed by atoms with Gasteiger partial charge in [0.1, 0.15) is 6.54 Å². The minimum atomic E-state index is -0.449. The van der Waals surface area contributed by atoms with Crippen LogP contribution in [-0.4, -0.2) is 36.7 Å². The van der Waals surface area contributed by atoms with Crippen LogP contribution in [0.15, 0.2) is 0 Å². The van der Waals surface area contributed by atoms with E-state index in [-0.39, 0.29) is 17.9 Å². The van der Waals surface area contributed by atoms with E-state index in [0.717, 1.165) is 37.0 Å². The second-order valence-electron chi connectivity index (χ2n) is 11.2. The Kier molecular flexibility index (Phi) is 4.65. The molecular formula is C23H36N4O2. The van der Waals surface area contributed by atoms with Gasteiger partial charge in [0.05, 0.1) is 5.60 Å². The number of aromatic nitrogens is 4. The maximum Gasteiger partial charge on any atom is 0.171 e. The van der Waals surface area contributed by atoms with Crippen LogP contribution in [-0.2, 0) is 11.3 Å². The van der Waals surface area contributed by atoms with Crippen molar-refractivity contribution in [2.45, 2.75) is 90.7 Å². The zero-order chi connectivity index (χ0) is 20.4. The number of fused-ring (bicyclic) bond motifs is 5. The van der Waals surface area contributed by atoms with Gasteiger partial charge >= 0.3 is 0 Å². The molecule has 6 heteroatoms. The van der Waals surface area contributed by atoms with Crippen molar-refractivity contribution >= 4 is 5.78 Å². The lowest BCUT2D eigenvalue weighted by molar-refractivity contribution is -0.133. The van der Waals surface area contributed by atoms with E-state index in [1.165, 1.54) is 43.3 Å².